The summed E-state index contributed by atoms with van der Waals surface area (Å²) in [6.07, 6.45) is 0. The number of nitrogens with zero attached hydrogens (tertiary/aromatic N) is 5. The van der Waals surface area contributed by atoms with Crippen LogP contribution in [0.5, 0.6) is 0 Å². The lowest BCUT2D eigenvalue weighted by atomic mass is 9.93. The summed E-state index contributed by atoms with van der Waals surface area (Å²) in [7, 11) is 0. The monoisotopic (exact) mass is 516 g/mol. The van der Waals surface area contributed by atoms with Crippen LogP contribution in [0.25, 0.3) is 5.69 Å². The van der Waals surface area contributed by atoms with Crippen molar-refractivity contribution in [2.45, 2.75) is 13.0 Å². The van der Waals surface area contributed by atoms with Gasteiger partial charge in [-0.1, -0.05) is 54.6 Å². The van der Waals surface area contributed by atoms with Gasteiger partial charge in [0.05, 0.1) is 28.8 Å². The Labute approximate surface area is 223 Å². The molecular formula is C31H22F2N6. The van der Waals surface area contributed by atoms with Gasteiger partial charge in [0, 0.05) is 16.8 Å². The molecule has 1 atom stereocenters. The Balaban J connectivity index is 1.52. The zero-order chi connectivity index (χ0) is 26.5. The van der Waals surface area contributed by atoms with Gasteiger partial charge >= 0.3 is 0 Å². The van der Waals surface area contributed by atoms with Crippen LogP contribution in [-0.2, 0) is 0 Å². The van der Waals surface area contributed by atoms with Crippen molar-refractivity contribution in [1.29, 1.82) is 0 Å². The average molecular weight is 517 g/mol. The molecule has 190 valence electrons. The number of hydrogen-bond donors (Lipinski definition) is 1. The SMILES string of the molecule is Cc1nn(-c2ccccc2)c2c1[C@@H](c1ccccc1F)N1C(=N2)C(Nc2cccc(F)c2)=Nc2ccccc21. The molecule has 8 heteroatoms. The van der Waals surface area contributed by atoms with Gasteiger partial charge in [0.2, 0.25) is 0 Å². The molecule has 39 heavy (non-hydrogen) atoms. The Bertz CT molecular complexity index is 1790. The summed E-state index contributed by atoms with van der Waals surface area (Å²) in [4.78, 5) is 12.0. The van der Waals surface area contributed by atoms with E-state index in [1.807, 2.05) is 72.5 Å². The Morgan fingerprint density at radius 1 is 0.795 bits per heavy atom. The largest absolute Gasteiger partial charge is 0.337 e. The van der Waals surface area contributed by atoms with Crippen molar-refractivity contribution in [3.8, 4) is 5.69 Å². The molecule has 1 aromatic heterocycles. The first-order chi connectivity index (χ1) is 19.1. The first kappa shape index (κ1) is 23.0. The van der Waals surface area contributed by atoms with Gasteiger partial charge in [0.25, 0.3) is 0 Å². The Hall–Kier alpha value is -5.11. The molecule has 2 aliphatic rings. The number of aliphatic imine (C=N–C) groups is 2. The van der Waals surface area contributed by atoms with Crippen LogP contribution in [0.3, 0.4) is 0 Å². The number of rotatable bonds is 3. The summed E-state index contributed by atoms with van der Waals surface area (Å²) >= 11 is 0. The number of anilines is 2. The zero-order valence-electron chi connectivity index (χ0n) is 20.9. The molecule has 6 nitrogen and oxygen atoms in total. The third-order valence-corrected chi connectivity index (χ3v) is 6.93. The second-order valence-electron chi connectivity index (χ2n) is 9.38. The minimum atomic E-state index is -0.577. The highest BCUT2D eigenvalue weighted by atomic mass is 19.1. The second kappa shape index (κ2) is 9.02. The van der Waals surface area contributed by atoms with E-state index < -0.39 is 6.04 Å². The van der Waals surface area contributed by atoms with Crippen molar-refractivity contribution in [3.63, 3.8) is 0 Å². The molecule has 0 saturated heterocycles. The van der Waals surface area contributed by atoms with Gasteiger partial charge in [-0.25, -0.2) is 23.4 Å². The minimum Gasteiger partial charge on any atom is -0.337 e. The molecule has 5 aromatic rings. The molecule has 3 heterocycles. The van der Waals surface area contributed by atoms with E-state index in [0.29, 0.717) is 34.4 Å². The van der Waals surface area contributed by atoms with E-state index in [1.54, 1.807) is 28.9 Å². The molecule has 0 bridgehead atoms. The fraction of sp³-hybridized carbons (Fsp3) is 0.0645. The molecule has 0 amide bonds. The van der Waals surface area contributed by atoms with Crippen LogP contribution < -0.4 is 10.2 Å². The normalized spacial score (nSPS) is 15.6. The van der Waals surface area contributed by atoms with Crippen LogP contribution in [0.1, 0.15) is 22.9 Å². The van der Waals surface area contributed by atoms with Crippen LogP contribution in [0.15, 0.2) is 113 Å². The van der Waals surface area contributed by atoms with E-state index in [2.05, 4.69) is 5.32 Å². The number of halogens is 2. The van der Waals surface area contributed by atoms with Crippen LogP contribution in [-0.4, -0.2) is 21.5 Å². The van der Waals surface area contributed by atoms with Crippen molar-refractivity contribution in [2.75, 3.05) is 10.2 Å². The molecule has 0 radical (unpaired) electrons. The van der Waals surface area contributed by atoms with Gasteiger partial charge in [-0.3, -0.25) is 0 Å². The lowest BCUT2D eigenvalue weighted by Gasteiger charge is -2.40. The van der Waals surface area contributed by atoms with Crippen LogP contribution in [0.4, 0.5) is 31.7 Å². The second-order valence-corrected chi connectivity index (χ2v) is 9.38. The molecule has 0 saturated carbocycles. The van der Waals surface area contributed by atoms with Crippen LogP contribution in [0, 0.1) is 18.6 Å². The Morgan fingerprint density at radius 2 is 1.56 bits per heavy atom. The van der Waals surface area contributed by atoms with Crippen molar-refractivity contribution >= 4 is 34.6 Å². The number of hydrogen-bond acceptors (Lipinski definition) is 5. The molecule has 2 aliphatic heterocycles. The summed E-state index contributed by atoms with van der Waals surface area (Å²) in [5.41, 5.74) is 4.86. The van der Waals surface area contributed by atoms with E-state index in [0.717, 1.165) is 22.6 Å². The fourth-order valence-electron chi connectivity index (χ4n) is 5.24. The predicted octanol–water partition coefficient (Wildman–Crippen LogP) is 7.25. The number of aryl methyl sites for hydroxylation is 1. The van der Waals surface area contributed by atoms with Gasteiger partial charge in [-0.15, -0.1) is 0 Å². The van der Waals surface area contributed by atoms with Crippen LogP contribution >= 0.6 is 0 Å². The van der Waals surface area contributed by atoms with Gasteiger partial charge in [-0.2, -0.15) is 5.10 Å². The highest BCUT2D eigenvalue weighted by Gasteiger charge is 2.42. The molecule has 0 unspecified atom stereocenters. The van der Waals surface area contributed by atoms with Gasteiger partial charge in [0.1, 0.15) is 11.6 Å². The molecule has 4 aromatic carbocycles. The fourth-order valence-corrected chi connectivity index (χ4v) is 5.24. The van der Waals surface area contributed by atoms with E-state index in [4.69, 9.17) is 15.1 Å². The quantitative estimate of drug-likeness (QED) is 0.275. The van der Waals surface area contributed by atoms with Gasteiger partial charge in [-0.05, 0) is 55.5 Å². The lowest BCUT2D eigenvalue weighted by molar-refractivity contribution is 0.597. The predicted molar refractivity (Wildman–Crippen MR) is 150 cm³/mol. The van der Waals surface area contributed by atoms with Crippen molar-refractivity contribution in [3.05, 3.63) is 132 Å². The van der Waals surface area contributed by atoms with E-state index in [1.165, 1.54) is 18.2 Å². The van der Waals surface area contributed by atoms with Crippen LogP contribution in [0.2, 0.25) is 0 Å². The molecule has 0 aliphatic carbocycles. The summed E-state index contributed by atoms with van der Waals surface area (Å²) in [6, 6.07) is 29.7. The lowest BCUT2D eigenvalue weighted by Crippen LogP contribution is -2.46. The average Bonchev–Trinajstić information content (AvgIpc) is 3.29. The number of aromatic nitrogens is 2. The maximum Gasteiger partial charge on any atom is 0.179 e. The van der Waals surface area contributed by atoms with Crippen molar-refractivity contribution < 1.29 is 8.78 Å². The highest BCUT2D eigenvalue weighted by molar-refractivity contribution is 6.51. The first-order valence-electron chi connectivity index (χ1n) is 12.6. The maximum absolute atomic E-state index is 15.6. The summed E-state index contributed by atoms with van der Waals surface area (Å²) < 4.78 is 31.4. The molecule has 0 spiro atoms. The van der Waals surface area contributed by atoms with Crippen molar-refractivity contribution in [1.82, 2.24) is 9.78 Å². The number of para-hydroxylation sites is 3. The van der Waals surface area contributed by atoms with E-state index in [-0.39, 0.29) is 11.6 Å². The maximum atomic E-state index is 15.6. The summed E-state index contributed by atoms with van der Waals surface area (Å²) in [6.45, 7) is 1.92. The highest BCUT2D eigenvalue weighted by Crippen LogP contribution is 2.48. The number of amidine groups is 2. The third kappa shape index (κ3) is 3.80. The van der Waals surface area contributed by atoms with E-state index in [9.17, 15) is 4.39 Å². The summed E-state index contributed by atoms with van der Waals surface area (Å²) in [5.74, 6) is 0.789. The van der Waals surface area contributed by atoms with Gasteiger partial charge in [0.15, 0.2) is 17.5 Å². The first-order valence-corrected chi connectivity index (χ1v) is 12.6. The Morgan fingerprint density at radius 3 is 2.38 bits per heavy atom. The van der Waals surface area contributed by atoms with E-state index >= 15 is 4.39 Å². The standard InChI is InChI=1S/C31H22F2N6/c1-19-27-28(23-14-5-6-15-24(23)33)38-26-17-8-7-16-25(26)35-29(34-21-11-9-10-20(32)18-21)31(38)36-30(27)39(37-19)22-12-3-2-4-13-22/h2-18,28H,1H3,(H,34,35)/t28-/m1/s1. The van der Waals surface area contributed by atoms with Crippen molar-refractivity contribution in [2.24, 2.45) is 9.98 Å². The Kier molecular flexibility index (Phi) is 5.33. The summed E-state index contributed by atoms with van der Waals surface area (Å²) in [5, 5.41) is 8.11. The number of nitrogens with one attached hydrogen (secondary N) is 1. The minimum absolute atomic E-state index is 0.332. The molecular weight excluding hydrogens is 494 g/mol. The zero-order valence-corrected chi connectivity index (χ0v) is 20.9. The topological polar surface area (TPSA) is 57.8 Å². The molecule has 7 rings (SSSR count). The number of benzene rings is 4. The van der Waals surface area contributed by atoms with Gasteiger partial charge < -0.3 is 10.2 Å². The molecule has 0 fully saturated rings. The number of fused-ring (bicyclic) bond motifs is 4. The molecule has 1 N–H and O–H groups in total. The third-order valence-electron chi connectivity index (χ3n) is 6.93. The smallest absolute Gasteiger partial charge is 0.179 e.